The number of hydrogen-bond donors (Lipinski definition) is 2. The number of carbonyl (C=O) groups excluding carboxylic acids is 2. The molecule has 4 aromatic carbocycles. The van der Waals surface area contributed by atoms with Gasteiger partial charge in [0.15, 0.2) is 0 Å². The first-order valence-electron chi connectivity index (χ1n) is 24.0. The standard InChI is InChI=1S/C58H65N6O4/c1-12-59-47-31-51-43(27-35(47)5)55(44-28-36(6)48(60-13-2)32-52(44)67-51)39-21-16-18-23-41(39)57(65)63(25-20-26-64(9,10)11)58(66)42-24-19-17-22-40(42)56-45-29-37(7)49(61-14-3)33-53(45)68-54-34-50(62-15-4)38(8)30-46(54)56/h16-19,21-24,27-34,59,61H,12-15,20,25-26H2,1-11H3/q+1/b60-48+,62-50+. The van der Waals surface area contributed by atoms with E-state index in [4.69, 9.17) is 18.8 Å². The van der Waals surface area contributed by atoms with E-state index in [-0.39, 0.29) is 18.4 Å². The predicted molar refractivity (Wildman–Crippen MR) is 279 cm³/mol. The summed E-state index contributed by atoms with van der Waals surface area (Å²) < 4.78 is 14.1. The van der Waals surface area contributed by atoms with Gasteiger partial charge in [0, 0.05) is 119 Å². The molecule has 4 aliphatic rings. The van der Waals surface area contributed by atoms with Gasteiger partial charge in [-0.3, -0.25) is 24.5 Å². The van der Waals surface area contributed by atoms with E-state index in [1.165, 1.54) is 4.90 Å². The maximum Gasteiger partial charge on any atom is 0.261 e. The van der Waals surface area contributed by atoms with Gasteiger partial charge in [0.1, 0.15) is 22.7 Å². The zero-order chi connectivity index (χ0) is 48.4. The summed E-state index contributed by atoms with van der Waals surface area (Å²) in [7, 11) is 6.38. The van der Waals surface area contributed by atoms with E-state index in [0.717, 1.165) is 97.0 Å². The first-order chi connectivity index (χ1) is 32.7. The molecule has 0 saturated carbocycles. The van der Waals surface area contributed by atoms with Crippen LogP contribution in [0.2, 0.25) is 0 Å². The Balaban J connectivity index is 1.36. The van der Waals surface area contributed by atoms with Crippen molar-refractivity contribution in [1.29, 1.82) is 0 Å². The van der Waals surface area contributed by atoms with Gasteiger partial charge in [-0.05, 0) is 125 Å². The number of quaternary nitrogens is 1. The molecule has 2 aliphatic heterocycles. The lowest BCUT2D eigenvalue weighted by Crippen LogP contribution is -2.41. The van der Waals surface area contributed by atoms with Crippen molar-refractivity contribution in [2.45, 2.75) is 61.8 Å². The molecule has 2 amide bonds. The number of rotatable bonds is 14. The normalized spacial score (nSPS) is 12.5. The van der Waals surface area contributed by atoms with E-state index < -0.39 is 0 Å². The number of imide groups is 1. The summed E-state index contributed by atoms with van der Waals surface area (Å²) >= 11 is 0. The van der Waals surface area contributed by atoms with Crippen molar-refractivity contribution in [3.8, 4) is 44.9 Å². The van der Waals surface area contributed by atoms with Crippen molar-refractivity contribution in [1.82, 2.24) is 4.90 Å². The molecule has 0 saturated heterocycles. The fourth-order valence-electron chi connectivity index (χ4n) is 9.47. The Morgan fingerprint density at radius 3 is 1.38 bits per heavy atom. The van der Waals surface area contributed by atoms with E-state index in [1.807, 2.05) is 86.6 Å². The molecule has 2 heterocycles. The average molecular weight is 910 g/mol. The van der Waals surface area contributed by atoms with Gasteiger partial charge in [-0.1, -0.05) is 36.4 Å². The van der Waals surface area contributed by atoms with Gasteiger partial charge < -0.3 is 24.0 Å². The largest absolute Gasteiger partial charge is 0.456 e. The Kier molecular flexibility index (Phi) is 13.7. The molecule has 350 valence electrons. The molecule has 0 fully saturated rings. The van der Waals surface area contributed by atoms with Crippen molar-refractivity contribution in [2.24, 2.45) is 9.98 Å². The van der Waals surface area contributed by atoms with Crippen molar-refractivity contribution < 1.29 is 22.9 Å². The molecule has 2 aliphatic carbocycles. The van der Waals surface area contributed by atoms with Crippen LogP contribution in [0.25, 0.3) is 66.8 Å². The molecule has 0 unspecified atom stereocenters. The fraction of sp³-hybridized carbons (Fsp3) is 0.310. The number of carbonyl (C=O) groups is 2. The fourth-order valence-corrected chi connectivity index (χ4v) is 9.47. The Morgan fingerprint density at radius 2 is 0.985 bits per heavy atom. The van der Waals surface area contributed by atoms with Crippen LogP contribution in [0.15, 0.2) is 116 Å². The summed E-state index contributed by atoms with van der Waals surface area (Å²) in [6.45, 7) is 20.2. The highest BCUT2D eigenvalue weighted by Crippen LogP contribution is 2.45. The van der Waals surface area contributed by atoms with Crippen LogP contribution < -0.4 is 21.3 Å². The maximum atomic E-state index is 15.8. The van der Waals surface area contributed by atoms with E-state index in [2.05, 4.69) is 97.6 Å². The van der Waals surface area contributed by atoms with Crippen LogP contribution in [0.3, 0.4) is 0 Å². The molecular weight excluding hydrogens is 845 g/mol. The highest BCUT2D eigenvalue weighted by atomic mass is 16.3. The molecule has 0 radical (unpaired) electrons. The number of nitrogens with zero attached hydrogens (tertiary/aromatic N) is 4. The van der Waals surface area contributed by atoms with Crippen molar-refractivity contribution in [3.05, 3.63) is 141 Å². The number of anilines is 2. The Labute approximate surface area is 400 Å². The first kappa shape index (κ1) is 47.5. The van der Waals surface area contributed by atoms with Crippen LogP contribution >= 0.6 is 0 Å². The monoisotopic (exact) mass is 910 g/mol. The molecule has 68 heavy (non-hydrogen) atoms. The number of amides is 2. The number of nitrogens with one attached hydrogen (secondary N) is 2. The van der Waals surface area contributed by atoms with E-state index >= 15 is 9.59 Å². The lowest BCUT2D eigenvalue weighted by atomic mass is 9.88. The minimum Gasteiger partial charge on any atom is -0.456 e. The topological polar surface area (TPSA) is 112 Å². The summed E-state index contributed by atoms with van der Waals surface area (Å²) in [4.78, 5) is 42.6. The van der Waals surface area contributed by atoms with Gasteiger partial charge in [-0.25, -0.2) is 0 Å². The molecule has 8 rings (SSSR count). The lowest BCUT2D eigenvalue weighted by molar-refractivity contribution is -0.870. The van der Waals surface area contributed by atoms with E-state index in [9.17, 15) is 0 Å². The van der Waals surface area contributed by atoms with Crippen molar-refractivity contribution in [2.75, 3.05) is 71.0 Å². The second-order valence-corrected chi connectivity index (χ2v) is 18.8. The lowest BCUT2D eigenvalue weighted by Gasteiger charge is -2.28. The molecule has 0 atom stereocenters. The quantitative estimate of drug-likeness (QED) is 0.0638. The third-order valence-electron chi connectivity index (χ3n) is 12.7. The molecular formula is C58H65N6O4+. The van der Waals surface area contributed by atoms with Gasteiger partial charge in [-0.2, -0.15) is 0 Å². The van der Waals surface area contributed by atoms with E-state index in [0.29, 0.717) is 68.9 Å². The second-order valence-electron chi connectivity index (χ2n) is 18.8. The summed E-state index contributed by atoms with van der Waals surface area (Å²) in [5, 5.41) is 10.4. The summed E-state index contributed by atoms with van der Waals surface area (Å²) in [5.74, 6) is 0.585. The molecule has 0 aromatic heterocycles. The average Bonchev–Trinajstić information content (AvgIpc) is 3.30. The molecule has 0 bridgehead atoms. The SMILES string of the molecule is CC/N=c1\cc2oc3cc(NCC)c(C)cc3c(-c3ccccc3C(=O)N(CCC[N+](C)(C)C)C(=O)c3ccccc3-c3c4cc(C)/c(=N/CC)cc-4oc4cc(NCC)c(C)cc34)c-2cc1C. The molecule has 0 spiro atoms. The minimum absolute atomic E-state index is 0.214. The zero-order valence-electron chi connectivity index (χ0n) is 41.6. The first-order valence-corrected chi connectivity index (χ1v) is 24.0. The van der Waals surface area contributed by atoms with Crippen LogP contribution in [0, 0.1) is 27.7 Å². The predicted octanol–water partition coefficient (Wildman–Crippen LogP) is 12.0. The highest BCUT2D eigenvalue weighted by Gasteiger charge is 2.32. The number of benzene rings is 6. The second kappa shape index (κ2) is 19.7. The van der Waals surface area contributed by atoms with Crippen LogP contribution in [0.4, 0.5) is 11.4 Å². The third kappa shape index (κ3) is 9.30. The number of fused-ring (bicyclic) bond motifs is 4. The molecule has 2 N–H and O–H groups in total. The Hall–Kier alpha value is -7.04. The van der Waals surface area contributed by atoms with Crippen molar-refractivity contribution >= 4 is 45.1 Å². The number of aryl methyl sites for hydroxylation is 4. The minimum atomic E-state index is -0.371. The van der Waals surface area contributed by atoms with Crippen LogP contribution in [0.5, 0.6) is 0 Å². The zero-order valence-corrected chi connectivity index (χ0v) is 41.6. The Morgan fingerprint density at radius 1 is 0.559 bits per heavy atom. The molecule has 10 heteroatoms. The van der Waals surface area contributed by atoms with E-state index in [1.54, 1.807) is 0 Å². The van der Waals surface area contributed by atoms with Gasteiger partial charge in [0.25, 0.3) is 11.8 Å². The maximum absolute atomic E-state index is 15.8. The third-order valence-corrected chi connectivity index (χ3v) is 12.7. The highest BCUT2D eigenvalue weighted by molar-refractivity contribution is 6.18. The van der Waals surface area contributed by atoms with Gasteiger partial charge in [-0.15, -0.1) is 0 Å². The number of hydrogen-bond acceptors (Lipinski definition) is 8. The van der Waals surface area contributed by atoms with Crippen molar-refractivity contribution in [3.63, 3.8) is 0 Å². The van der Waals surface area contributed by atoms with Gasteiger partial charge in [0.2, 0.25) is 0 Å². The summed E-state index contributed by atoms with van der Waals surface area (Å²) in [6, 6.07) is 32.0. The summed E-state index contributed by atoms with van der Waals surface area (Å²) in [6.07, 6.45) is 0.599. The van der Waals surface area contributed by atoms with Crippen LogP contribution in [0.1, 0.15) is 77.1 Å². The molecule has 4 aromatic rings. The van der Waals surface area contributed by atoms with Gasteiger partial charge in [0.05, 0.1) is 38.4 Å². The Bertz CT molecular complexity index is 3090. The van der Waals surface area contributed by atoms with Crippen LogP contribution in [-0.2, 0) is 0 Å². The van der Waals surface area contributed by atoms with Gasteiger partial charge >= 0.3 is 0 Å². The smallest absolute Gasteiger partial charge is 0.261 e. The molecule has 10 nitrogen and oxygen atoms in total. The summed E-state index contributed by atoms with van der Waals surface area (Å²) in [5.41, 5.74) is 13.2. The van der Waals surface area contributed by atoms with Crippen LogP contribution in [-0.4, -0.2) is 81.6 Å².